The molecule has 1 rings (SSSR count). The molecule has 0 spiro atoms. The molecule has 1 aliphatic rings. The van der Waals surface area contributed by atoms with Crippen LogP contribution in [-0.2, 0) is 37.3 Å². The number of Topliss-reactive ketones (excluding diaryl/α,β-unsaturated/α-hetero) is 1. The van der Waals surface area contributed by atoms with E-state index in [1.54, 1.807) is 34.6 Å². The van der Waals surface area contributed by atoms with Crippen LogP contribution in [0.2, 0.25) is 0 Å². The number of rotatable bonds is 8. The molecule has 1 amide bonds. The van der Waals surface area contributed by atoms with Crippen molar-refractivity contribution in [1.82, 2.24) is 5.32 Å². The Morgan fingerprint density at radius 2 is 1.89 bits per heavy atom. The van der Waals surface area contributed by atoms with Crippen molar-refractivity contribution in [3.05, 3.63) is 0 Å². The monoisotopic (exact) mass is 409 g/mol. The molecule has 1 N–H and O–H groups in total. The molecule has 9 nitrogen and oxygen atoms in total. The van der Waals surface area contributed by atoms with Crippen LogP contribution in [0.15, 0.2) is 0 Å². The van der Waals surface area contributed by atoms with Gasteiger partial charge in [-0.1, -0.05) is 34.6 Å². The largest absolute Gasteiger partial charge is 0.475 e. The molecule has 1 fully saturated rings. The van der Waals surface area contributed by atoms with Crippen molar-refractivity contribution in [3.8, 4) is 0 Å². The molecule has 158 valence electrons. The molecule has 1 heterocycles. The van der Waals surface area contributed by atoms with E-state index in [1.807, 2.05) is 0 Å². The van der Waals surface area contributed by atoms with Crippen LogP contribution in [0.3, 0.4) is 0 Å². The maximum atomic E-state index is 12.7. The van der Waals surface area contributed by atoms with E-state index in [0.717, 1.165) is 0 Å². The van der Waals surface area contributed by atoms with Crippen LogP contribution in [0.4, 0.5) is 0 Å². The van der Waals surface area contributed by atoms with E-state index in [2.05, 4.69) is 10.1 Å². The predicted octanol–water partition coefficient (Wildman–Crippen LogP) is 2.48. The maximum absolute atomic E-state index is 12.7. The van der Waals surface area contributed by atoms with Gasteiger partial charge in [0.25, 0.3) is 0 Å². The number of carbonyl (C=O) groups excluding carboxylic acids is 3. The van der Waals surface area contributed by atoms with Gasteiger partial charge in [-0.15, -0.1) is 0 Å². The second-order valence-electron chi connectivity index (χ2n) is 8.07. The van der Waals surface area contributed by atoms with Crippen LogP contribution in [0, 0.1) is 10.8 Å². The smallest absolute Gasteiger partial charge is 0.469 e. The molecule has 0 aromatic carbocycles. The Labute approximate surface area is 161 Å². The average molecular weight is 409 g/mol. The quantitative estimate of drug-likeness (QED) is 0.480. The lowest BCUT2D eigenvalue weighted by Crippen LogP contribution is -2.50. The molecule has 0 aromatic heterocycles. The predicted molar refractivity (Wildman–Crippen MR) is 99.0 cm³/mol. The summed E-state index contributed by atoms with van der Waals surface area (Å²) in [6, 6.07) is 0. The fourth-order valence-corrected chi connectivity index (χ4v) is 3.84. The Balaban J connectivity index is 0.00000729. The number of hydrogen-bond donors (Lipinski definition) is 1. The number of ether oxygens (including phenoxy) is 1. The summed E-state index contributed by atoms with van der Waals surface area (Å²) in [7, 11) is -2.72. The molecule has 2 atom stereocenters. The summed E-state index contributed by atoms with van der Waals surface area (Å²) in [6.45, 7) is 8.70. The first kappa shape index (κ1) is 23.8. The lowest BCUT2D eigenvalue weighted by Gasteiger charge is -2.39. The van der Waals surface area contributed by atoms with Gasteiger partial charge in [-0.25, -0.2) is 4.57 Å². The van der Waals surface area contributed by atoms with Gasteiger partial charge in [-0.2, -0.15) is 0 Å². The fraction of sp³-hybridized carbons (Fsp3) is 0.824. The SMILES string of the molecule is COC(=O)CCNC(=O)[C@@H]1OP(=O)(OCCC(=O)C(C)(C)C)OCC1(C)C.[HH]. The second kappa shape index (κ2) is 9.28. The van der Waals surface area contributed by atoms with E-state index < -0.39 is 36.6 Å². The highest BCUT2D eigenvalue weighted by molar-refractivity contribution is 7.48. The molecule has 27 heavy (non-hydrogen) atoms. The minimum Gasteiger partial charge on any atom is -0.469 e. The summed E-state index contributed by atoms with van der Waals surface area (Å²) in [5, 5.41) is 2.55. The normalized spacial score (nSPS) is 24.9. The fourth-order valence-electron chi connectivity index (χ4n) is 2.20. The Kier molecular flexibility index (Phi) is 8.16. The number of phosphoric acid groups is 1. The highest BCUT2D eigenvalue weighted by Crippen LogP contribution is 2.57. The van der Waals surface area contributed by atoms with Crippen LogP contribution in [-0.4, -0.2) is 50.6 Å². The van der Waals surface area contributed by atoms with Gasteiger partial charge in [0.2, 0.25) is 5.91 Å². The van der Waals surface area contributed by atoms with Gasteiger partial charge < -0.3 is 10.1 Å². The minimum atomic E-state index is -3.97. The molecule has 0 aromatic rings. The summed E-state index contributed by atoms with van der Waals surface area (Å²) in [5.74, 6) is -1.04. The number of methoxy groups -OCH3 is 1. The van der Waals surface area contributed by atoms with Crippen LogP contribution in [0.25, 0.3) is 0 Å². The standard InChI is InChI=1S/C17H30NO8P.H2/c1-16(2,3)12(19)8-10-24-27(22)25-11-17(4,5)14(26-27)15(21)18-9-7-13(20)23-6;/h14H,7-11H2,1-6H3,(H,18,21);1H/t14-,27?;/m0./s1. The number of amides is 1. The van der Waals surface area contributed by atoms with Gasteiger partial charge in [0, 0.05) is 25.2 Å². The second-order valence-corrected chi connectivity index (χ2v) is 9.69. The maximum Gasteiger partial charge on any atom is 0.475 e. The summed E-state index contributed by atoms with van der Waals surface area (Å²) >= 11 is 0. The van der Waals surface area contributed by atoms with Crippen molar-refractivity contribution in [2.24, 2.45) is 10.8 Å². The van der Waals surface area contributed by atoms with Gasteiger partial charge in [-0.3, -0.25) is 28.0 Å². The molecule has 0 saturated carbocycles. The van der Waals surface area contributed by atoms with Crippen molar-refractivity contribution < 1.29 is 38.7 Å². The Morgan fingerprint density at radius 3 is 2.44 bits per heavy atom. The minimum absolute atomic E-state index is 0. The third-order valence-electron chi connectivity index (χ3n) is 4.05. The lowest BCUT2D eigenvalue weighted by atomic mass is 9.87. The van der Waals surface area contributed by atoms with Crippen LogP contribution < -0.4 is 5.32 Å². The molecular formula is C17H32NO8P. The highest BCUT2D eigenvalue weighted by Gasteiger charge is 2.49. The van der Waals surface area contributed by atoms with Gasteiger partial charge in [0.1, 0.15) is 5.78 Å². The number of esters is 1. The van der Waals surface area contributed by atoms with Gasteiger partial charge >= 0.3 is 13.8 Å². The molecule has 1 unspecified atom stereocenters. The zero-order chi connectivity index (χ0) is 20.9. The Bertz CT molecular complexity index is 617. The summed E-state index contributed by atoms with van der Waals surface area (Å²) in [4.78, 5) is 35.5. The first-order valence-corrected chi connectivity index (χ1v) is 10.2. The van der Waals surface area contributed by atoms with E-state index in [4.69, 9.17) is 13.6 Å². The Hall–Kier alpha value is -1.28. The average Bonchev–Trinajstić information content (AvgIpc) is 2.56. The summed E-state index contributed by atoms with van der Waals surface area (Å²) < 4.78 is 33.0. The number of carbonyl (C=O) groups is 3. The van der Waals surface area contributed by atoms with Crippen molar-refractivity contribution >= 4 is 25.5 Å². The van der Waals surface area contributed by atoms with Crippen molar-refractivity contribution in [2.75, 3.05) is 26.9 Å². The number of phosphoric ester groups is 1. The van der Waals surface area contributed by atoms with Crippen LogP contribution in [0.1, 0.15) is 48.9 Å². The number of nitrogens with one attached hydrogen (secondary N) is 1. The number of hydrogen-bond acceptors (Lipinski definition) is 8. The Morgan fingerprint density at radius 1 is 1.26 bits per heavy atom. The van der Waals surface area contributed by atoms with Gasteiger partial charge in [-0.05, 0) is 0 Å². The molecule has 10 heteroatoms. The van der Waals surface area contributed by atoms with E-state index in [-0.39, 0.29) is 39.8 Å². The highest BCUT2D eigenvalue weighted by atomic mass is 31.2. The van der Waals surface area contributed by atoms with Crippen LogP contribution in [0.5, 0.6) is 0 Å². The molecule has 1 aliphatic heterocycles. The zero-order valence-electron chi connectivity index (χ0n) is 16.8. The van der Waals surface area contributed by atoms with E-state index >= 15 is 0 Å². The van der Waals surface area contributed by atoms with E-state index in [9.17, 15) is 18.9 Å². The van der Waals surface area contributed by atoms with Crippen molar-refractivity contribution in [1.29, 1.82) is 0 Å². The van der Waals surface area contributed by atoms with Gasteiger partial charge in [0.15, 0.2) is 6.10 Å². The third-order valence-corrected chi connectivity index (χ3v) is 5.46. The van der Waals surface area contributed by atoms with E-state index in [0.29, 0.717) is 0 Å². The molecular weight excluding hydrogens is 377 g/mol. The first-order chi connectivity index (χ1) is 12.3. The van der Waals surface area contributed by atoms with E-state index in [1.165, 1.54) is 7.11 Å². The molecule has 0 radical (unpaired) electrons. The first-order valence-electron chi connectivity index (χ1n) is 8.76. The topological polar surface area (TPSA) is 117 Å². The van der Waals surface area contributed by atoms with Crippen LogP contribution >= 0.6 is 7.82 Å². The van der Waals surface area contributed by atoms with Crippen molar-refractivity contribution in [3.63, 3.8) is 0 Å². The summed E-state index contributed by atoms with van der Waals surface area (Å²) in [6.07, 6.45) is -1.03. The number of ketones is 1. The third kappa shape index (κ3) is 7.33. The molecule has 1 saturated heterocycles. The molecule has 0 aliphatic carbocycles. The van der Waals surface area contributed by atoms with Crippen molar-refractivity contribution in [2.45, 2.75) is 53.6 Å². The van der Waals surface area contributed by atoms with Gasteiger partial charge in [0.05, 0.1) is 26.7 Å². The lowest BCUT2D eigenvalue weighted by molar-refractivity contribution is -0.143. The summed E-state index contributed by atoms with van der Waals surface area (Å²) in [5.41, 5.74) is -1.29. The molecule has 0 bridgehead atoms. The zero-order valence-corrected chi connectivity index (χ0v) is 17.7.